The molecule has 2 aromatic rings. The van der Waals surface area contributed by atoms with Gasteiger partial charge in [0.2, 0.25) is 0 Å². The molecular formula is C15H13Cl2N3O. The third kappa shape index (κ3) is 2.88. The number of amides is 1. The lowest BCUT2D eigenvalue weighted by molar-refractivity contribution is 0.102. The predicted octanol–water partition coefficient (Wildman–Crippen LogP) is 3.55. The van der Waals surface area contributed by atoms with Gasteiger partial charge in [0.15, 0.2) is 5.15 Å². The second-order valence-electron chi connectivity index (χ2n) is 4.97. The quantitative estimate of drug-likeness (QED) is 0.832. The first-order valence-corrected chi connectivity index (χ1v) is 7.26. The van der Waals surface area contributed by atoms with E-state index in [1.165, 1.54) is 5.56 Å². The minimum atomic E-state index is -0.209. The zero-order chi connectivity index (χ0) is 15.0. The van der Waals surface area contributed by atoms with Crippen LogP contribution in [0, 0.1) is 6.92 Å². The minimum absolute atomic E-state index is 0.191. The summed E-state index contributed by atoms with van der Waals surface area (Å²) in [6, 6.07) is 7.35. The van der Waals surface area contributed by atoms with Crippen molar-refractivity contribution in [1.82, 2.24) is 10.3 Å². The fourth-order valence-electron chi connectivity index (χ4n) is 2.37. The fraction of sp³-hybridized carbons (Fsp3) is 0.200. The molecule has 21 heavy (non-hydrogen) atoms. The summed E-state index contributed by atoms with van der Waals surface area (Å²) < 4.78 is 0. The van der Waals surface area contributed by atoms with E-state index in [2.05, 4.69) is 15.6 Å². The normalized spacial score (nSPS) is 13.1. The number of nitrogens with zero attached hydrogens (tertiary/aromatic N) is 1. The van der Waals surface area contributed by atoms with Crippen LogP contribution in [0.4, 0.5) is 5.69 Å². The topological polar surface area (TPSA) is 54.0 Å². The maximum Gasteiger partial charge on any atom is 0.255 e. The second-order valence-corrected chi connectivity index (χ2v) is 5.71. The number of halogens is 2. The van der Waals surface area contributed by atoms with E-state index in [9.17, 15) is 4.79 Å². The van der Waals surface area contributed by atoms with Crippen LogP contribution in [0.2, 0.25) is 10.3 Å². The van der Waals surface area contributed by atoms with Crippen molar-refractivity contribution in [3.8, 4) is 0 Å². The maximum atomic E-state index is 12.4. The average Bonchev–Trinajstić information content (AvgIpc) is 2.89. The summed E-state index contributed by atoms with van der Waals surface area (Å²) in [7, 11) is 0. The summed E-state index contributed by atoms with van der Waals surface area (Å²) >= 11 is 11.9. The highest BCUT2D eigenvalue weighted by molar-refractivity contribution is 6.35. The molecule has 2 N–H and O–H groups in total. The van der Waals surface area contributed by atoms with E-state index in [4.69, 9.17) is 23.2 Å². The van der Waals surface area contributed by atoms with E-state index in [1.54, 1.807) is 6.07 Å². The van der Waals surface area contributed by atoms with Crippen LogP contribution < -0.4 is 10.6 Å². The van der Waals surface area contributed by atoms with Crippen LogP contribution in [0.1, 0.15) is 27.0 Å². The molecule has 1 aromatic heterocycles. The van der Waals surface area contributed by atoms with Gasteiger partial charge < -0.3 is 10.6 Å². The molecule has 0 bridgehead atoms. The van der Waals surface area contributed by atoms with Crippen molar-refractivity contribution in [2.75, 3.05) is 5.32 Å². The molecule has 2 heterocycles. The first-order valence-electron chi connectivity index (χ1n) is 6.51. The summed E-state index contributed by atoms with van der Waals surface area (Å²) in [5.41, 5.74) is 4.25. The van der Waals surface area contributed by atoms with E-state index >= 15 is 0 Å². The average molecular weight is 322 g/mol. The fourth-order valence-corrected chi connectivity index (χ4v) is 2.95. The Balaban J connectivity index is 1.87. The van der Waals surface area contributed by atoms with Crippen molar-refractivity contribution in [3.05, 3.63) is 56.8 Å². The van der Waals surface area contributed by atoms with Gasteiger partial charge in [-0.3, -0.25) is 4.79 Å². The van der Waals surface area contributed by atoms with E-state index in [0.29, 0.717) is 16.4 Å². The molecule has 0 radical (unpaired) electrons. The molecule has 1 aromatic carbocycles. The summed E-state index contributed by atoms with van der Waals surface area (Å²) in [6.07, 6.45) is 0. The SMILES string of the molecule is Cc1cc(Cl)nc(Cl)c1NC(=O)c1ccc2c(c1)CNC2. The van der Waals surface area contributed by atoms with E-state index in [-0.39, 0.29) is 11.1 Å². The largest absolute Gasteiger partial charge is 0.319 e. The van der Waals surface area contributed by atoms with Gasteiger partial charge in [-0.25, -0.2) is 4.98 Å². The molecule has 0 saturated heterocycles. The number of carbonyl (C=O) groups excluding carboxylic acids is 1. The highest BCUT2D eigenvalue weighted by Gasteiger charge is 2.16. The third-order valence-corrected chi connectivity index (χ3v) is 3.95. The smallest absolute Gasteiger partial charge is 0.255 e. The van der Waals surface area contributed by atoms with Crippen LogP contribution >= 0.6 is 23.2 Å². The van der Waals surface area contributed by atoms with Gasteiger partial charge >= 0.3 is 0 Å². The number of hydrogen-bond donors (Lipinski definition) is 2. The van der Waals surface area contributed by atoms with Gasteiger partial charge in [-0.05, 0) is 41.8 Å². The Bertz CT molecular complexity index is 708. The highest BCUT2D eigenvalue weighted by Crippen LogP contribution is 2.27. The Morgan fingerprint density at radius 1 is 1.24 bits per heavy atom. The lowest BCUT2D eigenvalue weighted by atomic mass is 10.1. The number of aromatic nitrogens is 1. The number of fused-ring (bicyclic) bond motifs is 1. The molecule has 0 fully saturated rings. The first-order chi connectivity index (χ1) is 10.0. The van der Waals surface area contributed by atoms with Crippen molar-refractivity contribution < 1.29 is 4.79 Å². The first kappa shape index (κ1) is 14.3. The zero-order valence-corrected chi connectivity index (χ0v) is 12.8. The summed E-state index contributed by atoms with van der Waals surface area (Å²) in [4.78, 5) is 16.3. The monoisotopic (exact) mass is 321 g/mol. The van der Waals surface area contributed by atoms with E-state index in [1.807, 2.05) is 25.1 Å². The van der Waals surface area contributed by atoms with Gasteiger partial charge in [0.25, 0.3) is 5.91 Å². The summed E-state index contributed by atoms with van der Waals surface area (Å²) in [5.74, 6) is -0.209. The van der Waals surface area contributed by atoms with Crippen LogP contribution in [0.5, 0.6) is 0 Å². The summed E-state index contributed by atoms with van der Waals surface area (Å²) in [5, 5.41) is 6.55. The third-order valence-electron chi connectivity index (χ3n) is 3.48. The Morgan fingerprint density at radius 2 is 2.00 bits per heavy atom. The van der Waals surface area contributed by atoms with Crippen molar-refractivity contribution >= 4 is 34.8 Å². The number of anilines is 1. The van der Waals surface area contributed by atoms with Gasteiger partial charge in [-0.2, -0.15) is 0 Å². The number of hydrogen-bond acceptors (Lipinski definition) is 3. The Labute approximate surface area is 132 Å². The highest BCUT2D eigenvalue weighted by atomic mass is 35.5. The van der Waals surface area contributed by atoms with E-state index < -0.39 is 0 Å². The predicted molar refractivity (Wildman–Crippen MR) is 83.9 cm³/mol. The number of rotatable bonds is 2. The molecule has 1 amide bonds. The Hall–Kier alpha value is -1.62. The maximum absolute atomic E-state index is 12.4. The molecular weight excluding hydrogens is 309 g/mol. The molecule has 0 spiro atoms. The second kappa shape index (κ2) is 5.64. The van der Waals surface area contributed by atoms with Crippen molar-refractivity contribution in [2.45, 2.75) is 20.0 Å². The molecule has 0 saturated carbocycles. The number of aryl methyl sites for hydroxylation is 1. The molecule has 0 unspecified atom stereocenters. The standard InChI is InChI=1S/C15H13Cl2N3O/c1-8-4-12(16)19-14(17)13(8)20-15(21)9-2-3-10-6-18-7-11(10)5-9/h2-5,18H,6-7H2,1H3,(H,20,21). The molecule has 6 heteroatoms. The lowest BCUT2D eigenvalue weighted by Crippen LogP contribution is -2.14. The lowest BCUT2D eigenvalue weighted by Gasteiger charge is -2.11. The zero-order valence-electron chi connectivity index (χ0n) is 11.3. The summed E-state index contributed by atoms with van der Waals surface area (Å²) in [6.45, 7) is 3.46. The van der Waals surface area contributed by atoms with Crippen LogP contribution in [-0.2, 0) is 13.1 Å². The molecule has 1 aliphatic heterocycles. The van der Waals surface area contributed by atoms with Gasteiger partial charge in [0.05, 0.1) is 5.69 Å². The van der Waals surface area contributed by atoms with Crippen molar-refractivity contribution in [2.24, 2.45) is 0 Å². The van der Waals surface area contributed by atoms with Gasteiger partial charge in [0, 0.05) is 18.7 Å². The number of pyridine rings is 1. The Morgan fingerprint density at radius 3 is 2.76 bits per heavy atom. The Kier molecular flexibility index (Phi) is 3.85. The van der Waals surface area contributed by atoms with Crippen LogP contribution in [0.25, 0.3) is 0 Å². The molecule has 3 rings (SSSR count). The van der Waals surface area contributed by atoms with Crippen LogP contribution in [0.15, 0.2) is 24.3 Å². The molecule has 1 aliphatic rings. The molecule has 108 valence electrons. The molecule has 4 nitrogen and oxygen atoms in total. The molecule has 0 atom stereocenters. The number of carbonyl (C=O) groups is 1. The van der Waals surface area contributed by atoms with Crippen LogP contribution in [0.3, 0.4) is 0 Å². The number of benzene rings is 1. The van der Waals surface area contributed by atoms with Gasteiger partial charge in [0.1, 0.15) is 5.15 Å². The molecule has 0 aliphatic carbocycles. The van der Waals surface area contributed by atoms with E-state index in [0.717, 1.165) is 24.2 Å². The number of nitrogens with one attached hydrogen (secondary N) is 2. The van der Waals surface area contributed by atoms with Crippen molar-refractivity contribution in [3.63, 3.8) is 0 Å². The minimum Gasteiger partial charge on any atom is -0.319 e. The van der Waals surface area contributed by atoms with Gasteiger partial charge in [-0.15, -0.1) is 0 Å². The van der Waals surface area contributed by atoms with Gasteiger partial charge in [-0.1, -0.05) is 29.3 Å². The van der Waals surface area contributed by atoms with Crippen molar-refractivity contribution in [1.29, 1.82) is 0 Å². The van der Waals surface area contributed by atoms with Crippen LogP contribution in [-0.4, -0.2) is 10.9 Å².